The number of nitrogens with one attached hydrogen (secondary N) is 1. The molecular formula is C20H20N2O8S. The molecule has 0 spiro atoms. The van der Waals surface area contributed by atoms with Crippen LogP contribution >= 0.6 is 0 Å². The first kappa shape index (κ1) is 22.4. The van der Waals surface area contributed by atoms with Gasteiger partial charge < -0.3 is 14.2 Å². The Morgan fingerprint density at radius 3 is 2.74 bits per heavy atom. The molecule has 0 bridgehead atoms. The van der Waals surface area contributed by atoms with Crippen LogP contribution in [0.25, 0.3) is 6.08 Å². The van der Waals surface area contributed by atoms with E-state index in [0.29, 0.717) is 22.4 Å². The molecule has 0 amide bonds. The second-order valence-electron chi connectivity index (χ2n) is 6.70. The minimum absolute atomic E-state index is 0.0289. The monoisotopic (exact) mass is 448 g/mol. The maximum Gasteiger partial charge on any atom is 0.321 e. The molecule has 0 aliphatic carbocycles. The number of esters is 1. The van der Waals surface area contributed by atoms with Crippen LogP contribution in [-0.2, 0) is 37.5 Å². The molecule has 164 valence electrons. The minimum Gasteiger partial charge on any atom is -0.467 e. The van der Waals surface area contributed by atoms with Gasteiger partial charge in [-0.2, -0.15) is 0 Å². The number of carbonyl (C=O) groups is 1. The predicted octanol–water partition coefficient (Wildman–Crippen LogP) is 2.40. The van der Waals surface area contributed by atoms with Gasteiger partial charge in [0.25, 0.3) is 5.69 Å². The fraction of sp³-hybridized carbons (Fsp3) is 0.250. The largest absolute Gasteiger partial charge is 0.467 e. The van der Waals surface area contributed by atoms with Gasteiger partial charge in [-0.25, -0.2) is 13.1 Å². The molecule has 1 heterocycles. The number of sulfonamides is 1. The number of carbonyl (C=O) groups excluding carboxylic acids is 1. The lowest BCUT2D eigenvalue weighted by Crippen LogP contribution is -2.29. The van der Waals surface area contributed by atoms with Gasteiger partial charge in [-0.15, -0.1) is 0 Å². The van der Waals surface area contributed by atoms with Crippen LogP contribution in [0.15, 0.2) is 41.8 Å². The first-order valence-electron chi connectivity index (χ1n) is 9.14. The Morgan fingerprint density at radius 2 is 2.03 bits per heavy atom. The summed E-state index contributed by atoms with van der Waals surface area (Å²) >= 11 is 0. The summed E-state index contributed by atoms with van der Waals surface area (Å²) in [5.74, 6) is -0.495. The Balaban J connectivity index is 1.58. The van der Waals surface area contributed by atoms with Crippen LogP contribution in [0.3, 0.4) is 0 Å². The predicted molar refractivity (Wildman–Crippen MR) is 110 cm³/mol. The number of aryl methyl sites for hydroxylation is 1. The highest BCUT2D eigenvalue weighted by molar-refractivity contribution is 7.92. The summed E-state index contributed by atoms with van der Waals surface area (Å²) in [7, 11) is -3.86. The van der Waals surface area contributed by atoms with E-state index in [-0.39, 0.29) is 25.7 Å². The third-order valence-electron chi connectivity index (χ3n) is 4.31. The molecule has 0 atom stereocenters. The van der Waals surface area contributed by atoms with Crippen LogP contribution in [-0.4, -0.2) is 32.6 Å². The number of hydrogen-bond donors (Lipinski definition) is 1. The zero-order valence-electron chi connectivity index (χ0n) is 16.6. The van der Waals surface area contributed by atoms with Gasteiger partial charge in [-0.05, 0) is 18.6 Å². The SMILES string of the molecule is Cc1ccc(C=CS(=O)(=O)NCC(=O)OCc2cc([N+](=O)[O-])cc3c2OCOC3)cc1. The molecule has 31 heavy (non-hydrogen) atoms. The van der Waals surface area contributed by atoms with Crippen molar-refractivity contribution in [2.45, 2.75) is 20.1 Å². The van der Waals surface area contributed by atoms with Crippen molar-refractivity contribution in [3.8, 4) is 5.75 Å². The highest BCUT2D eigenvalue weighted by Gasteiger charge is 2.22. The van der Waals surface area contributed by atoms with E-state index in [1.165, 1.54) is 18.2 Å². The summed E-state index contributed by atoms with van der Waals surface area (Å²) in [6.45, 7) is 1.11. The summed E-state index contributed by atoms with van der Waals surface area (Å²) in [5.41, 5.74) is 2.30. The molecule has 0 saturated carbocycles. The first-order chi connectivity index (χ1) is 14.7. The number of fused-ring (bicyclic) bond motifs is 1. The van der Waals surface area contributed by atoms with Crippen molar-refractivity contribution in [3.05, 3.63) is 74.2 Å². The molecule has 0 radical (unpaired) electrons. The number of nitro benzene ring substituents is 1. The van der Waals surface area contributed by atoms with Crippen LogP contribution in [0.2, 0.25) is 0 Å². The van der Waals surface area contributed by atoms with Gasteiger partial charge in [0.15, 0.2) is 6.79 Å². The Bertz CT molecular complexity index is 1110. The lowest BCUT2D eigenvalue weighted by Gasteiger charge is -2.20. The summed E-state index contributed by atoms with van der Waals surface area (Å²) in [6.07, 6.45) is 1.40. The highest BCUT2D eigenvalue weighted by atomic mass is 32.2. The number of rotatable bonds is 8. The van der Waals surface area contributed by atoms with E-state index >= 15 is 0 Å². The van der Waals surface area contributed by atoms with Crippen LogP contribution in [0, 0.1) is 17.0 Å². The second kappa shape index (κ2) is 9.69. The van der Waals surface area contributed by atoms with Gasteiger partial charge >= 0.3 is 5.97 Å². The molecule has 0 saturated heterocycles. The lowest BCUT2D eigenvalue weighted by molar-refractivity contribution is -0.385. The second-order valence-corrected chi connectivity index (χ2v) is 8.35. The Morgan fingerprint density at radius 1 is 1.29 bits per heavy atom. The standard InChI is InChI=1S/C20H20N2O8S/c1-14-2-4-15(5-3-14)6-7-31(26,27)21-10-19(23)29-12-17-9-18(22(24)25)8-16-11-28-13-30-20(16)17/h2-9,21H,10-13H2,1H3. The summed E-state index contributed by atoms with van der Waals surface area (Å²) < 4.78 is 41.8. The third kappa shape index (κ3) is 6.35. The molecule has 0 unspecified atom stereocenters. The summed E-state index contributed by atoms with van der Waals surface area (Å²) in [6, 6.07) is 9.80. The van der Waals surface area contributed by atoms with Gasteiger partial charge in [-0.1, -0.05) is 29.8 Å². The van der Waals surface area contributed by atoms with Crippen LogP contribution in [0.1, 0.15) is 22.3 Å². The number of nitrogens with zero attached hydrogens (tertiary/aromatic N) is 1. The topological polar surface area (TPSA) is 134 Å². The minimum atomic E-state index is -3.86. The van der Waals surface area contributed by atoms with Crippen LogP contribution < -0.4 is 9.46 Å². The molecule has 2 aromatic rings. The fourth-order valence-corrected chi connectivity index (χ4v) is 3.51. The van der Waals surface area contributed by atoms with E-state index in [1.54, 1.807) is 12.1 Å². The number of non-ortho nitro benzene ring substituents is 1. The van der Waals surface area contributed by atoms with Gasteiger partial charge in [-0.3, -0.25) is 14.9 Å². The maximum absolute atomic E-state index is 12.0. The van der Waals surface area contributed by atoms with Crippen molar-refractivity contribution >= 4 is 27.8 Å². The molecular weight excluding hydrogens is 428 g/mol. The Hall–Kier alpha value is -3.28. The number of hydrogen-bond acceptors (Lipinski definition) is 8. The van der Waals surface area contributed by atoms with E-state index in [9.17, 15) is 23.3 Å². The normalized spacial score (nSPS) is 13.5. The molecule has 1 aliphatic heterocycles. The number of nitro groups is 1. The number of ether oxygens (including phenoxy) is 3. The highest BCUT2D eigenvalue weighted by Crippen LogP contribution is 2.33. The van der Waals surface area contributed by atoms with Crippen molar-refractivity contribution in [2.24, 2.45) is 0 Å². The third-order valence-corrected chi connectivity index (χ3v) is 5.35. The van der Waals surface area contributed by atoms with E-state index in [2.05, 4.69) is 4.72 Å². The van der Waals surface area contributed by atoms with E-state index < -0.39 is 27.5 Å². The van der Waals surface area contributed by atoms with Crippen LogP contribution in [0.4, 0.5) is 5.69 Å². The van der Waals surface area contributed by atoms with Gasteiger partial charge in [0.2, 0.25) is 10.0 Å². The molecule has 0 fully saturated rings. The van der Waals surface area contributed by atoms with Gasteiger partial charge in [0.05, 0.1) is 11.5 Å². The average molecular weight is 448 g/mol. The van der Waals surface area contributed by atoms with Crippen molar-refractivity contribution in [3.63, 3.8) is 0 Å². The Kier molecular flexibility index (Phi) is 7.00. The summed E-state index contributed by atoms with van der Waals surface area (Å²) in [4.78, 5) is 22.5. The average Bonchev–Trinajstić information content (AvgIpc) is 2.75. The quantitative estimate of drug-likeness (QED) is 0.370. The molecule has 11 heteroatoms. The number of benzene rings is 2. The van der Waals surface area contributed by atoms with Crippen molar-refractivity contribution in [1.82, 2.24) is 4.72 Å². The molecule has 1 N–H and O–H groups in total. The molecule has 3 rings (SSSR count). The molecule has 0 aromatic heterocycles. The molecule has 1 aliphatic rings. The zero-order chi connectivity index (χ0) is 22.4. The van der Waals surface area contributed by atoms with Crippen LogP contribution in [0.5, 0.6) is 5.75 Å². The molecule has 2 aromatic carbocycles. The smallest absolute Gasteiger partial charge is 0.321 e. The van der Waals surface area contributed by atoms with Crippen molar-refractivity contribution in [2.75, 3.05) is 13.3 Å². The summed E-state index contributed by atoms with van der Waals surface area (Å²) in [5, 5.41) is 12.1. The van der Waals surface area contributed by atoms with E-state index in [1.807, 2.05) is 19.1 Å². The van der Waals surface area contributed by atoms with Crippen molar-refractivity contribution < 1.29 is 32.3 Å². The Labute approximate surface area is 178 Å². The fourth-order valence-electron chi connectivity index (χ4n) is 2.76. The van der Waals surface area contributed by atoms with Crippen molar-refractivity contribution in [1.29, 1.82) is 0 Å². The van der Waals surface area contributed by atoms with Gasteiger partial charge in [0, 0.05) is 28.7 Å². The first-order valence-corrected chi connectivity index (χ1v) is 10.7. The molecule has 10 nitrogen and oxygen atoms in total. The lowest BCUT2D eigenvalue weighted by atomic mass is 10.1. The zero-order valence-corrected chi connectivity index (χ0v) is 17.4. The van der Waals surface area contributed by atoms with Gasteiger partial charge in [0.1, 0.15) is 18.9 Å². The van der Waals surface area contributed by atoms with E-state index in [4.69, 9.17) is 14.2 Å². The van der Waals surface area contributed by atoms with E-state index in [0.717, 1.165) is 11.0 Å². The maximum atomic E-state index is 12.0.